The van der Waals surface area contributed by atoms with Gasteiger partial charge in [-0.25, -0.2) is 8.42 Å². The number of rotatable bonds is 6. The molecule has 1 heterocycles. The molecule has 0 spiro atoms. The molecular formula is C10H11BrO5S2. The van der Waals surface area contributed by atoms with Gasteiger partial charge in [-0.15, -0.1) is 11.3 Å². The molecule has 18 heavy (non-hydrogen) atoms. The van der Waals surface area contributed by atoms with Crippen LogP contribution in [0, 0.1) is 0 Å². The van der Waals surface area contributed by atoms with E-state index in [0.717, 1.165) is 0 Å². The fourth-order valence-corrected chi connectivity index (χ4v) is 3.96. The Labute approximate surface area is 117 Å². The van der Waals surface area contributed by atoms with Crippen molar-refractivity contribution < 1.29 is 22.7 Å². The highest BCUT2D eigenvalue weighted by atomic mass is 79.9. The van der Waals surface area contributed by atoms with E-state index in [2.05, 4.69) is 20.7 Å². The Balaban J connectivity index is 2.64. The average Bonchev–Trinajstić information content (AvgIpc) is 2.72. The van der Waals surface area contributed by atoms with E-state index in [9.17, 15) is 18.0 Å². The lowest BCUT2D eigenvalue weighted by Gasteiger charge is -2.02. The Morgan fingerprint density at radius 1 is 1.44 bits per heavy atom. The van der Waals surface area contributed by atoms with E-state index in [0.29, 0.717) is 9.35 Å². The second-order valence-corrected chi connectivity index (χ2v) is 7.39. The number of carbonyl (C=O) groups is 2. The molecule has 0 bridgehead atoms. The Morgan fingerprint density at radius 3 is 2.61 bits per heavy atom. The molecule has 0 N–H and O–H groups in total. The number of hydrogen-bond donors (Lipinski definition) is 0. The van der Waals surface area contributed by atoms with Crippen molar-refractivity contribution in [2.45, 2.75) is 6.42 Å². The molecule has 5 nitrogen and oxygen atoms in total. The molecule has 0 aromatic carbocycles. The van der Waals surface area contributed by atoms with Crippen LogP contribution in [-0.4, -0.2) is 38.8 Å². The second kappa shape index (κ2) is 6.44. The van der Waals surface area contributed by atoms with Gasteiger partial charge in [-0.05, 0) is 27.4 Å². The summed E-state index contributed by atoms with van der Waals surface area (Å²) in [5, 5.41) is 1.69. The molecule has 1 aromatic rings. The van der Waals surface area contributed by atoms with Crippen LogP contribution in [0.25, 0.3) is 0 Å². The third kappa shape index (κ3) is 4.51. The van der Waals surface area contributed by atoms with E-state index < -0.39 is 27.3 Å². The number of Topliss-reactive ketones (excluding diaryl/α,β-unsaturated/α-hetero) is 1. The van der Waals surface area contributed by atoms with E-state index in [4.69, 9.17) is 0 Å². The maximum Gasteiger partial charge on any atom is 0.306 e. The molecule has 8 heteroatoms. The molecule has 0 atom stereocenters. The van der Waals surface area contributed by atoms with Crippen LogP contribution in [0.2, 0.25) is 0 Å². The molecule has 0 unspecified atom stereocenters. The number of ether oxygens (including phenoxy) is 1. The zero-order valence-corrected chi connectivity index (χ0v) is 12.7. The van der Waals surface area contributed by atoms with Crippen molar-refractivity contribution in [1.29, 1.82) is 0 Å². The minimum atomic E-state index is -3.59. The van der Waals surface area contributed by atoms with E-state index >= 15 is 0 Å². The minimum Gasteiger partial charge on any atom is -0.469 e. The van der Waals surface area contributed by atoms with E-state index in [1.807, 2.05) is 0 Å². The fraction of sp³-hybridized carbons (Fsp3) is 0.400. The topological polar surface area (TPSA) is 77.5 Å². The van der Waals surface area contributed by atoms with Crippen LogP contribution in [0.3, 0.4) is 0 Å². The highest BCUT2D eigenvalue weighted by molar-refractivity contribution is 9.10. The Kier molecular flexibility index (Phi) is 5.48. The van der Waals surface area contributed by atoms with Gasteiger partial charge in [0.25, 0.3) is 0 Å². The molecule has 0 aliphatic rings. The van der Waals surface area contributed by atoms with Gasteiger partial charge in [-0.2, -0.15) is 0 Å². The van der Waals surface area contributed by atoms with Gasteiger partial charge in [-0.1, -0.05) is 0 Å². The molecule has 100 valence electrons. The normalized spacial score (nSPS) is 11.2. The number of esters is 1. The molecule has 0 aliphatic heterocycles. The quantitative estimate of drug-likeness (QED) is 0.573. The fourth-order valence-electron chi connectivity index (χ4n) is 1.17. The van der Waals surface area contributed by atoms with Crippen molar-refractivity contribution >= 4 is 48.9 Å². The van der Waals surface area contributed by atoms with Crippen LogP contribution in [0.15, 0.2) is 15.9 Å². The van der Waals surface area contributed by atoms with Crippen molar-refractivity contribution in [3.05, 3.63) is 20.8 Å². The smallest absolute Gasteiger partial charge is 0.306 e. The first kappa shape index (κ1) is 15.3. The summed E-state index contributed by atoms with van der Waals surface area (Å²) in [6, 6.07) is 1.68. The number of sulfone groups is 1. The average molecular weight is 355 g/mol. The van der Waals surface area contributed by atoms with Gasteiger partial charge in [0.15, 0.2) is 15.6 Å². The highest BCUT2D eigenvalue weighted by Crippen LogP contribution is 2.23. The lowest BCUT2D eigenvalue weighted by Crippen LogP contribution is -2.20. The number of thiophene rings is 1. The number of halogens is 1. The summed E-state index contributed by atoms with van der Waals surface area (Å²) in [6.07, 6.45) is -0.238. The lowest BCUT2D eigenvalue weighted by molar-refractivity contribution is -0.140. The summed E-state index contributed by atoms with van der Waals surface area (Å²) in [6.45, 7) is 0. The van der Waals surface area contributed by atoms with Gasteiger partial charge >= 0.3 is 5.97 Å². The van der Waals surface area contributed by atoms with Crippen molar-refractivity contribution in [2.24, 2.45) is 0 Å². The largest absolute Gasteiger partial charge is 0.469 e. The molecular weight excluding hydrogens is 344 g/mol. The molecule has 0 radical (unpaired) electrons. The number of ketones is 1. The predicted molar refractivity (Wildman–Crippen MR) is 71.6 cm³/mol. The van der Waals surface area contributed by atoms with Gasteiger partial charge in [0.2, 0.25) is 0 Å². The lowest BCUT2D eigenvalue weighted by atomic mass is 10.3. The first-order valence-electron chi connectivity index (χ1n) is 4.89. The summed E-state index contributed by atoms with van der Waals surface area (Å²) >= 11 is 4.34. The zero-order chi connectivity index (χ0) is 13.8. The van der Waals surface area contributed by atoms with Gasteiger partial charge in [-0.3, -0.25) is 9.59 Å². The number of carbonyl (C=O) groups excluding carboxylic acids is 2. The summed E-state index contributed by atoms with van der Waals surface area (Å²) in [5.74, 6) is -2.05. The van der Waals surface area contributed by atoms with Crippen molar-refractivity contribution in [3.8, 4) is 0 Å². The summed E-state index contributed by atoms with van der Waals surface area (Å²) in [7, 11) is -2.41. The van der Waals surface area contributed by atoms with Crippen LogP contribution in [0.5, 0.6) is 0 Å². The van der Waals surface area contributed by atoms with Crippen molar-refractivity contribution in [2.75, 3.05) is 18.6 Å². The first-order chi connectivity index (χ1) is 8.35. The summed E-state index contributed by atoms with van der Waals surface area (Å²) in [5.41, 5.74) is 0. The van der Waals surface area contributed by atoms with Crippen LogP contribution in [-0.2, 0) is 19.4 Å². The monoisotopic (exact) mass is 354 g/mol. The zero-order valence-electron chi connectivity index (χ0n) is 9.51. The van der Waals surface area contributed by atoms with Crippen LogP contribution in [0.4, 0.5) is 0 Å². The maximum absolute atomic E-state index is 11.7. The molecule has 0 fully saturated rings. The summed E-state index contributed by atoms with van der Waals surface area (Å²) < 4.78 is 28.2. The van der Waals surface area contributed by atoms with Crippen LogP contribution < -0.4 is 0 Å². The van der Waals surface area contributed by atoms with Crippen molar-refractivity contribution in [3.63, 3.8) is 0 Å². The Morgan fingerprint density at radius 2 is 2.11 bits per heavy atom. The second-order valence-electron chi connectivity index (χ2n) is 3.44. The van der Waals surface area contributed by atoms with Crippen LogP contribution >= 0.6 is 27.3 Å². The van der Waals surface area contributed by atoms with Gasteiger partial charge < -0.3 is 4.74 Å². The first-order valence-corrected chi connectivity index (χ1v) is 8.38. The molecule has 0 saturated carbocycles. The van der Waals surface area contributed by atoms with E-state index in [1.165, 1.54) is 18.4 Å². The molecule has 1 aromatic heterocycles. The highest BCUT2D eigenvalue weighted by Gasteiger charge is 2.21. The Hall–Kier alpha value is -0.730. The Bertz CT molecular complexity index is 546. The minimum absolute atomic E-state index is 0.238. The van der Waals surface area contributed by atoms with Crippen molar-refractivity contribution in [1.82, 2.24) is 0 Å². The predicted octanol–water partition coefficient (Wildman–Crippen LogP) is 1.67. The summed E-state index contributed by atoms with van der Waals surface area (Å²) in [4.78, 5) is 23.0. The van der Waals surface area contributed by atoms with E-state index in [1.54, 1.807) is 11.4 Å². The molecule has 1 rings (SSSR count). The molecule has 0 saturated heterocycles. The third-order valence-electron chi connectivity index (χ3n) is 2.07. The molecule has 0 amide bonds. The van der Waals surface area contributed by atoms with Crippen LogP contribution in [0.1, 0.15) is 16.1 Å². The number of methoxy groups -OCH3 is 1. The van der Waals surface area contributed by atoms with Gasteiger partial charge in [0, 0.05) is 4.47 Å². The van der Waals surface area contributed by atoms with E-state index in [-0.39, 0.29) is 12.2 Å². The number of hydrogen-bond acceptors (Lipinski definition) is 6. The van der Waals surface area contributed by atoms with Gasteiger partial charge in [0.05, 0.1) is 24.2 Å². The third-order valence-corrected chi connectivity index (χ3v) is 5.47. The maximum atomic E-state index is 11.7. The molecule has 0 aliphatic carbocycles. The van der Waals surface area contributed by atoms with Gasteiger partial charge in [0.1, 0.15) is 5.75 Å². The SMILES string of the molecule is COC(=O)CCS(=O)(=O)CC(=O)c1sccc1Br. The standard InChI is InChI=1S/C10H11BrO5S2/c1-16-9(13)3-5-18(14,15)6-8(12)10-7(11)2-4-17-10/h2,4H,3,5-6H2,1H3.